The van der Waals surface area contributed by atoms with E-state index in [2.05, 4.69) is 27.8 Å². The maximum absolute atomic E-state index is 6.02. The minimum absolute atomic E-state index is 0.754. The van der Waals surface area contributed by atoms with Crippen molar-refractivity contribution in [2.45, 2.75) is 31.3 Å². The number of halogens is 1. The van der Waals surface area contributed by atoms with Gasteiger partial charge in [0.1, 0.15) is 5.76 Å². The molecule has 0 aliphatic carbocycles. The van der Waals surface area contributed by atoms with E-state index in [0.717, 1.165) is 39.6 Å². The van der Waals surface area contributed by atoms with Crippen molar-refractivity contribution in [1.29, 1.82) is 0 Å². The number of aromatic nitrogens is 3. The van der Waals surface area contributed by atoms with E-state index in [0.29, 0.717) is 0 Å². The molecule has 3 aromatic rings. The summed E-state index contributed by atoms with van der Waals surface area (Å²) in [7, 11) is 0. The predicted molar refractivity (Wildman–Crippen MR) is 89.1 cm³/mol. The molecule has 22 heavy (non-hydrogen) atoms. The van der Waals surface area contributed by atoms with Crippen LogP contribution < -0.4 is 0 Å². The van der Waals surface area contributed by atoms with E-state index in [1.165, 1.54) is 5.56 Å². The highest BCUT2D eigenvalue weighted by Gasteiger charge is 2.16. The molecule has 1 aromatic carbocycles. The summed E-state index contributed by atoms with van der Waals surface area (Å²) in [6.45, 7) is 4.83. The van der Waals surface area contributed by atoms with Crippen molar-refractivity contribution in [3.63, 3.8) is 0 Å². The summed E-state index contributed by atoms with van der Waals surface area (Å²) in [5, 5.41) is 10.3. The zero-order valence-corrected chi connectivity index (χ0v) is 14.0. The second-order valence-electron chi connectivity index (χ2n) is 4.86. The number of rotatable bonds is 5. The molecule has 3 rings (SSSR count). The van der Waals surface area contributed by atoms with Crippen LogP contribution in [0.2, 0.25) is 5.02 Å². The molecule has 0 amide bonds. The summed E-state index contributed by atoms with van der Waals surface area (Å²) < 4.78 is 7.47. The number of benzene rings is 1. The monoisotopic (exact) mass is 333 g/mol. The number of furan rings is 1. The Balaban J connectivity index is 1.83. The van der Waals surface area contributed by atoms with Crippen LogP contribution in [0.3, 0.4) is 0 Å². The number of nitrogens with zero attached hydrogens (tertiary/aromatic N) is 3. The van der Waals surface area contributed by atoms with Crippen LogP contribution in [0.25, 0.3) is 11.4 Å². The van der Waals surface area contributed by atoms with Crippen molar-refractivity contribution in [2.24, 2.45) is 0 Å². The predicted octanol–water partition coefficient (Wildman–Crippen LogP) is 4.81. The van der Waals surface area contributed by atoms with Gasteiger partial charge in [-0.05, 0) is 37.6 Å². The fourth-order valence-corrected chi connectivity index (χ4v) is 3.43. The number of hydrogen-bond donors (Lipinski definition) is 0. The largest absolute Gasteiger partial charge is 0.469 e. The lowest BCUT2D eigenvalue weighted by Gasteiger charge is -2.07. The molecule has 0 bridgehead atoms. The van der Waals surface area contributed by atoms with Crippen LogP contribution in [-0.2, 0) is 12.3 Å². The smallest absolute Gasteiger partial charge is 0.191 e. The third kappa shape index (κ3) is 3.05. The highest BCUT2D eigenvalue weighted by molar-refractivity contribution is 7.98. The molecule has 0 aliphatic heterocycles. The van der Waals surface area contributed by atoms with Gasteiger partial charge in [-0.15, -0.1) is 10.2 Å². The highest BCUT2D eigenvalue weighted by atomic mass is 35.5. The molecule has 0 aliphatic rings. The van der Waals surface area contributed by atoms with Gasteiger partial charge in [0, 0.05) is 17.3 Å². The highest BCUT2D eigenvalue weighted by Crippen LogP contribution is 2.28. The number of aryl methyl sites for hydroxylation is 1. The normalized spacial score (nSPS) is 11.0. The van der Waals surface area contributed by atoms with E-state index < -0.39 is 0 Å². The third-order valence-electron chi connectivity index (χ3n) is 3.39. The van der Waals surface area contributed by atoms with Crippen molar-refractivity contribution < 1.29 is 4.42 Å². The van der Waals surface area contributed by atoms with Crippen molar-refractivity contribution in [1.82, 2.24) is 14.8 Å². The van der Waals surface area contributed by atoms with Gasteiger partial charge in [-0.2, -0.15) is 0 Å². The minimum atomic E-state index is 0.754. The maximum atomic E-state index is 6.02. The Morgan fingerprint density at radius 3 is 2.82 bits per heavy atom. The fraction of sp³-hybridized carbons (Fsp3) is 0.250. The van der Waals surface area contributed by atoms with Crippen molar-refractivity contribution in [3.05, 3.63) is 52.9 Å². The number of thioether (sulfide) groups is 1. The molecule has 0 spiro atoms. The Morgan fingerprint density at radius 2 is 2.14 bits per heavy atom. The lowest BCUT2D eigenvalue weighted by Crippen LogP contribution is -2.00. The summed E-state index contributed by atoms with van der Waals surface area (Å²) >= 11 is 7.68. The third-order valence-corrected chi connectivity index (χ3v) is 4.66. The van der Waals surface area contributed by atoms with Crippen LogP contribution in [0.4, 0.5) is 0 Å². The standard InChI is InChI=1S/C16H16ClN3OS/c1-3-20-15(14-7-8-21-11(14)2)18-19-16(20)22-10-12-5-4-6-13(17)9-12/h4-9H,3,10H2,1-2H3. The lowest BCUT2D eigenvalue weighted by molar-refractivity contribution is 0.534. The van der Waals surface area contributed by atoms with E-state index >= 15 is 0 Å². The van der Waals surface area contributed by atoms with Gasteiger partial charge in [0.2, 0.25) is 0 Å². The average Bonchev–Trinajstić information content (AvgIpc) is 3.10. The van der Waals surface area contributed by atoms with Crippen LogP contribution >= 0.6 is 23.4 Å². The maximum Gasteiger partial charge on any atom is 0.191 e. The summed E-state index contributed by atoms with van der Waals surface area (Å²) in [6.07, 6.45) is 1.68. The van der Waals surface area contributed by atoms with E-state index in [9.17, 15) is 0 Å². The number of hydrogen-bond acceptors (Lipinski definition) is 4. The molecule has 0 saturated heterocycles. The molecular weight excluding hydrogens is 318 g/mol. The van der Waals surface area contributed by atoms with E-state index in [1.807, 2.05) is 31.2 Å². The Hall–Kier alpha value is -1.72. The van der Waals surface area contributed by atoms with Crippen molar-refractivity contribution >= 4 is 23.4 Å². The second-order valence-corrected chi connectivity index (χ2v) is 6.24. The van der Waals surface area contributed by atoms with Crippen LogP contribution in [0, 0.1) is 6.92 Å². The molecule has 0 unspecified atom stereocenters. The average molecular weight is 334 g/mol. The summed E-state index contributed by atoms with van der Waals surface area (Å²) in [5.41, 5.74) is 2.16. The first kappa shape index (κ1) is 15.2. The van der Waals surface area contributed by atoms with Gasteiger partial charge < -0.3 is 8.98 Å². The van der Waals surface area contributed by atoms with Gasteiger partial charge in [0.05, 0.1) is 11.8 Å². The van der Waals surface area contributed by atoms with Crippen LogP contribution in [0.15, 0.2) is 46.2 Å². The zero-order chi connectivity index (χ0) is 15.5. The first-order chi connectivity index (χ1) is 10.7. The molecule has 4 nitrogen and oxygen atoms in total. The van der Waals surface area contributed by atoms with Crippen LogP contribution in [0.5, 0.6) is 0 Å². The van der Waals surface area contributed by atoms with Gasteiger partial charge in [-0.1, -0.05) is 35.5 Å². The van der Waals surface area contributed by atoms with E-state index in [4.69, 9.17) is 16.0 Å². The second kappa shape index (κ2) is 6.58. The molecule has 0 atom stereocenters. The van der Waals surface area contributed by atoms with Gasteiger partial charge >= 0.3 is 0 Å². The molecular formula is C16H16ClN3OS. The molecule has 2 heterocycles. The Labute approximate surface area is 138 Å². The zero-order valence-electron chi connectivity index (χ0n) is 12.4. The van der Waals surface area contributed by atoms with Crippen molar-refractivity contribution in [2.75, 3.05) is 0 Å². The van der Waals surface area contributed by atoms with E-state index in [1.54, 1.807) is 18.0 Å². The first-order valence-electron chi connectivity index (χ1n) is 7.04. The Morgan fingerprint density at radius 1 is 1.27 bits per heavy atom. The topological polar surface area (TPSA) is 43.9 Å². The van der Waals surface area contributed by atoms with Gasteiger partial charge in [0.25, 0.3) is 0 Å². The lowest BCUT2D eigenvalue weighted by atomic mass is 10.2. The molecule has 0 N–H and O–H groups in total. The molecule has 0 fully saturated rings. The van der Waals surface area contributed by atoms with Gasteiger partial charge in [-0.25, -0.2) is 0 Å². The molecule has 0 radical (unpaired) electrons. The quantitative estimate of drug-likeness (QED) is 0.628. The van der Waals surface area contributed by atoms with Gasteiger partial charge in [-0.3, -0.25) is 0 Å². The molecule has 2 aromatic heterocycles. The molecule has 6 heteroatoms. The van der Waals surface area contributed by atoms with Gasteiger partial charge in [0.15, 0.2) is 11.0 Å². The molecule has 114 valence electrons. The summed E-state index contributed by atoms with van der Waals surface area (Å²) in [4.78, 5) is 0. The van der Waals surface area contributed by atoms with Crippen LogP contribution in [0.1, 0.15) is 18.2 Å². The Kier molecular flexibility index (Phi) is 4.55. The van der Waals surface area contributed by atoms with Crippen LogP contribution in [-0.4, -0.2) is 14.8 Å². The summed E-state index contributed by atoms with van der Waals surface area (Å²) in [6, 6.07) is 9.80. The summed E-state index contributed by atoms with van der Waals surface area (Å²) in [5.74, 6) is 2.51. The fourth-order valence-electron chi connectivity index (χ4n) is 2.27. The first-order valence-corrected chi connectivity index (χ1v) is 8.40. The SMILES string of the molecule is CCn1c(SCc2cccc(Cl)c2)nnc1-c1ccoc1C. The minimum Gasteiger partial charge on any atom is -0.469 e. The van der Waals surface area contributed by atoms with Crippen molar-refractivity contribution in [3.8, 4) is 11.4 Å². The van der Waals surface area contributed by atoms with E-state index in [-0.39, 0.29) is 0 Å². The Bertz CT molecular complexity index is 781. The molecule has 0 saturated carbocycles.